The van der Waals surface area contributed by atoms with Crippen LogP contribution in [-0.2, 0) is 0 Å². The number of carbonyl (C=O) groups excluding carboxylic acids is 1. The number of carbonyl (C=O) groups is 1. The summed E-state index contributed by atoms with van der Waals surface area (Å²) in [6.45, 7) is 5.23. The lowest BCUT2D eigenvalue weighted by atomic mass is 10.1. The Balaban J connectivity index is 1.59. The smallest absolute Gasteiger partial charge is 0.253 e. The van der Waals surface area contributed by atoms with Gasteiger partial charge in [0.1, 0.15) is 6.61 Å². The van der Waals surface area contributed by atoms with Crippen LogP contribution in [0.2, 0.25) is 0 Å². The third kappa shape index (κ3) is 4.30. The SMILES string of the molecule is CN(C)C(=O)c1ccc2c(c1)nc(OCC1CCCN1C)c1cnc(N3CCNCC3)nc12. The van der Waals surface area contributed by atoms with Gasteiger partial charge in [0, 0.05) is 63.5 Å². The number of rotatable bonds is 5. The summed E-state index contributed by atoms with van der Waals surface area (Å²) in [5.41, 5.74) is 2.11. The van der Waals surface area contributed by atoms with Crippen LogP contribution < -0.4 is 15.0 Å². The predicted molar refractivity (Wildman–Crippen MR) is 129 cm³/mol. The number of likely N-dealkylation sites (tertiary alicyclic amines) is 1. The van der Waals surface area contributed by atoms with Crippen molar-refractivity contribution in [1.29, 1.82) is 0 Å². The second kappa shape index (κ2) is 9.07. The third-order valence-electron chi connectivity index (χ3n) is 6.62. The van der Waals surface area contributed by atoms with Crippen LogP contribution in [0.5, 0.6) is 5.88 Å². The minimum Gasteiger partial charge on any atom is -0.475 e. The van der Waals surface area contributed by atoms with E-state index in [1.807, 2.05) is 24.4 Å². The number of fused-ring (bicyclic) bond motifs is 3. The van der Waals surface area contributed by atoms with Gasteiger partial charge in [-0.25, -0.2) is 15.0 Å². The highest BCUT2D eigenvalue weighted by Gasteiger charge is 2.23. The van der Waals surface area contributed by atoms with Crippen LogP contribution in [0.25, 0.3) is 21.8 Å². The molecule has 4 heterocycles. The molecule has 1 unspecified atom stereocenters. The summed E-state index contributed by atoms with van der Waals surface area (Å²) in [4.78, 5) is 33.1. The van der Waals surface area contributed by atoms with E-state index in [2.05, 4.69) is 27.1 Å². The van der Waals surface area contributed by atoms with Crippen molar-refractivity contribution in [1.82, 2.24) is 30.1 Å². The molecule has 0 bridgehead atoms. The molecular weight excluding hydrogens is 418 g/mol. The first kappa shape index (κ1) is 21.8. The molecule has 1 amide bonds. The quantitative estimate of drug-likeness (QED) is 0.590. The number of ether oxygens (including phenoxy) is 1. The van der Waals surface area contributed by atoms with E-state index in [-0.39, 0.29) is 5.91 Å². The fourth-order valence-electron chi connectivity index (χ4n) is 4.61. The van der Waals surface area contributed by atoms with E-state index in [1.54, 1.807) is 19.0 Å². The fraction of sp³-hybridized carbons (Fsp3) is 0.500. The first-order valence-corrected chi connectivity index (χ1v) is 11.6. The maximum atomic E-state index is 12.6. The third-order valence-corrected chi connectivity index (χ3v) is 6.62. The Bertz CT molecular complexity index is 1180. The van der Waals surface area contributed by atoms with Gasteiger partial charge in [-0.1, -0.05) is 0 Å². The number of anilines is 1. The number of hydrogen-bond donors (Lipinski definition) is 1. The normalized spacial score (nSPS) is 19.4. The lowest BCUT2D eigenvalue weighted by Crippen LogP contribution is -2.44. The number of hydrogen-bond acceptors (Lipinski definition) is 8. The van der Waals surface area contributed by atoms with Crippen LogP contribution in [0.1, 0.15) is 23.2 Å². The molecule has 0 spiro atoms. The van der Waals surface area contributed by atoms with Gasteiger partial charge in [0.25, 0.3) is 5.91 Å². The average Bonchev–Trinajstić information content (AvgIpc) is 3.26. The zero-order chi connectivity index (χ0) is 22.9. The van der Waals surface area contributed by atoms with E-state index in [4.69, 9.17) is 14.7 Å². The number of pyridine rings is 1. The van der Waals surface area contributed by atoms with E-state index in [1.165, 1.54) is 6.42 Å². The van der Waals surface area contributed by atoms with Gasteiger partial charge in [-0.3, -0.25) is 4.79 Å². The molecule has 2 aliphatic rings. The first-order valence-electron chi connectivity index (χ1n) is 11.6. The highest BCUT2D eigenvalue weighted by Crippen LogP contribution is 2.31. The monoisotopic (exact) mass is 449 g/mol. The Morgan fingerprint density at radius 1 is 1.18 bits per heavy atom. The number of piperazine rings is 1. The van der Waals surface area contributed by atoms with Crippen molar-refractivity contribution in [3.8, 4) is 5.88 Å². The zero-order valence-electron chi connectivity index (χ0n) is 19.5. The molecule has 1 aromatic carbocycles. The van der Waals surface area contributed by atoms with Crippen LogP contribution >= 0.6 is 0 Å². The summed E-state index contributed by atoms with van der Waals surface area (Å²) in [5, 5.41) is 5.06. The summed E-state index contributed by atoms with van der Waals surface area (Å²) in [6, 6.07) is 5.98. The second-order valence-corrected chi connectivity index (χ2v) is 9.11. The molecule has 5 rings (SSSR count). The van der Waals surface area contributed by atoms with E-state index in [9.17, 15) is 4.79 Å². The number of nitrogens with one attached hydrogen (secondary N) is 1. The molecule has 2 aliphatic heterocycles. The highest BCUT2D eigenvalue weighted by molar-refractivity contribution is 6.07. The van der Waals surface area contributed by atoms with Crippen molar-refractivity contribution in [2.45, 2.75) is 18.9 Å². The van der Waals surface area contributed by atoms with Gasteiger partial charge in [-0.2, -0.15) is 0 Å². The number of nitrogens with zero attached hydrogens (tertiary/aromatic N) is 6. The van der Waals surface area contributed by atoms with Gasteiger partial charge in [0.2, 0.25) is 11.8 Å². The first-order chi connectivity index (χ1) is 16.0. The molecule has 33 heavy (non-hydrogen) atoms. The minimum absolute atomic E-state index is 0.0574. The summed E-state index contributed by atoms with van der Waals surface area (Å²) in [6.07, 6.45) is 4.13. The van der Waals surface area contributed by atoms with E-state index < -0.39 is 0 Å². The van der Waals surface area contributed by atoms with Gasteiger partial charge in [-0.15, -0.1) is 0 Å². The molecule has 2 aromatic heterocycles. The van der Waals surface area contributed by atoms with Crippen LogP contribution in [0.3, 0.4) is 0 Å². The largest absolute Gasteiger partial charge is 0.475 e. The van der Waals surface area contributed by atoms with Gasteiger partial charge < -0.3 is 24.8 Å². The van der Waals surface area contributed by atoms with Crippen molar-refractivity contribution in [3.63, 3.8) is 0 Å². The lowest BCUT2D eigenvalue weighted by Gasteiger charge is -2.27. The number of benzene rings is 1. The van der Waals surface area contributed by atoms with Gasteiger partial charge in [-0.05, 0) is 44.6 Å². The minimum atomic E-state index is -0.0574. The van der Waals surface area contributed by atoms with Crippen molar-refractivity contribution in [2.75, 3.05) is 65.4 Å². The standard InChI is InChI=1S/C24H31N7O2/c1-29(2)23(32)16-6-7-18-20(13-16)27-22(33-15-17-5-4-10-30(17)3)19-14-26-24(28-21(18)19)31-11-8-25-9-12-31/h6-7,13-14,17,25H,4-5,8-12,15H2,1-3H3. The molecule has 2 saturated heterocycles. The van der Waals surface area contributed by atoms with Crippen LogP contribution in [0.15, 0.2) is 24.4 Å². The molecule has 174 valence electrons. The number of aromatic nitrogens is 3. The zero-order valence-corrected chi connectivity index (χ0v) is 19.5. The van der Waals surface area contributed by atoms with Gasteiger partial charge in [0.05, 0.1) is 16.4 Å². The Morgan fingerprint density at radius 2 is 2.00 bits per heavy atom. The topological polar surface area (TPSA) is 86.7 Å². The van der Waals surface area contributed by atoms with Gasteiger partial charge in [0.15, 0.2) is 0 Å². The molecule has 1 N–H and O–H groups in total. The molecule has 2 fully saturated rings. The highest BCUT2D eigenvalue weighted by atomic mass is 16.5. The average molecular weight is 450 g/mol. The Hall–Kier alpha value is -3.04. The number of amides is 1. The summed E-state index contributed by atoms with van der Waals surface area (Å²) >= 11 is 0. The van der Waals surface area contributed by atoms with Crippen molar-refractivity contribution < 1.29 is 9.53 Å². The molecule has 0 aliphatic carbocycles. The Kier molecular flexibility index (Phi) is 5.99. The summed E-state index contributed by atoms with van der Waals surface area (Å²) < 4.78 is 6.26. The molecule has 9 nitrogen and oxygen atoms in total. The van der Waals surface area contributed by atoms with Crippen LogP contribution in [-0.4, -0.2) is 97.2 Å². The van der Waals surface area contributed by atoms with Crippen molar-refractivity contribution in [2.24, 2.45) is 0 Å². The Morgan fingerprint density at radius 3 is 2.73 bits per heavy atom. The molecule has 9 heteroatoms. The van der Waals surface area contributed by atoms with E-state index >= 15 is 0 Å². The van der Waals surface area contributed by atoms with Crippen molar-refractivity contribution in [3.05, 3.63) is 30.0 Å². The number of likely N-dealkylation sites (N-methyl/N-ethyl adjacent to an activating group) is 1. The maximum Gasteiger partial charge on any atom is 0.253 e. The molecule has 1 atom stereocenters. The van der Waals surface area contributed by atoms with Crippen LogP contribution in [0.4, 0.5) is 5.95 Å². The summed E-state index contributed by atoms with van der Waals surface area (Å²) in [7, 11) is 5.63. The summed E-state index contributed by atoms with van der Waals surface area (Å²) in [5.74, 6) is 1.18. The lowest BCUT2D eigenvalue weighted by molar-refractivity contribution is 0.0827. The fourth-order valence-corrected chi connectivity index (χ4v) is 4.61. The molecule has 0 radical (unpaired) electrons. The van der Waals surface area contributed by atoms with Crippen molar-refractivity contribution >= 4 is 33.7 Å². The Labute approximate surface area is 193 Å². The molecular formula is C24H31N7O2. The molecule has 3 aromatic rings. The van der Waals surface area contributed by atoms with E-state index in [0.717, 1.165) is 55.4 Å². The van der Waals surface area contributed by atoms with Gasteiger partial charge >= 0.3 is 0 Å². The van der Waals surface area contributed by atoms with E-state index in [0.29, 0.717) is 35.6 Å². The van der Waals surface area contributed by atoms with Crippen LogP contribution in [0, 0.1) is 0 Å². The predicted octanol–water partition coefficient (Wildman–Crippen LogP) is 1.76. The maximum absolute atomic E-state index is 12.6. The molecule has 0 saturated carbocycles. The second-order valence-electron chi connectivity index (χ2n) is 9.11.